The van der Waals surface area contributed by atoms with Crippen molar-refractivity contribution in [2.24, 2.45) is 5.92 Å². The molecule has 25 heavy (non-hydrogen) atoms. The lowest BCUT2D eigenvalue weighted by atomic mass is 9.79. The molecule has 0 bridgehead atoms. The summed E-state index contributed by atoms with van der Waals surface area (Å²) >= 11 is 0. The third-order valence-corrected chi connectivity index (χ3v) is 5.06. The van der Waals surface area contributed by atoms with E-state index in [2.05, 4.69) is 18.2 Å². The maximum Gasteiger partial charge on any atom is 0.163 e. The highest BCUT2D eigenvalue weighted by Gasteiger charge is 2.23. The average molecular weight is 334 g/mol. The molecule has 0 spiro atoms. The lowest BCUT2D eigenvalue weighted by Crippen LogP contribution is -2.21. The lowest BCUT2D eigenvalue weighted by molar-refractivity contribution is 0.0976. The molecule has 0 amide bonds. The molecule has 0 radical (unpaired) electrons. The number of benzene rings is 2. The molecular weight excluding hydrogens is 308 g/mol. The van der Waals surface area contributed by atoms with Gasteiger partial charge in [-0.15, -0.1) is 0 Å². The predicted molar refractivity (Wildman–Crippen MR) is 102 cm³/mol. The first kappa shape index (κ1) is 17.6. The van der Waals surface area contributed by atoms with Crippen LogP contribution in [0.1, 0.15) is 54.4 Å². The summed E-state index contributed by atoms with van der Waals surface area (Å²) in [5.74, 6) is 0.573. The van der Waals surface area contributed by atoms with E-state index in [1.165, 1.54) is 11.1 Å². The first-order valence-corrected chi connectivity index (χ1v) is 9.24. The number of Topliss-reactive ketones (excluding diaryl/α,β-unsaturated/α-hetero) is 1. The fourth-order valence-corrected chi connectivity index (χ4v) is 3.68. The largest absolute Gasteiger partial charge is 0.393 e. The Kier molecular flexibility index (Phi) is 6.19. The summed E-state index contributed by atoms with van der Waals surface area (Å²) in [5.41, 5.74) is 3.25. The summed E-state index contributed by atoms with van der Waals surface area (Å²) in [5, 5.41) is 10.1. The summed E-state index contributed by atoms with van der Waals surface area (Å²) in [6.45, 7) is 0. The van der Waals surface area contributed by atoms with Crippen molar-refractivity contribution < 1.29 is 9.90 Å². The van der Waals surface area contributed by atoms with Crippen LogP contribution >= 0.6 is 0 Å². The Morgan fingerprint density at radius 1 is 0.960 bits per heavy atom. The number of carbonyl (C=O) groups excluding carboxylic acids is 1. The van der Waals surface area contributed by atoms with Crippen molar-refractivity contribution in [3.05, 3.63) is 77.4 Å². The molecule has 2 nitrogen and oxygen atoms in total. The fraction of sp³-hybridized carbons (Fsp3) is 0.348. The van der Waals surface area contributed by atoms with Gasteiger partial charge in [-0.3, -0.25) is 4.79 Å². The van der Waals surface area contributed by atoms with E-state index in [1.807, 2.05) is 48.5 Å². The second kappa shape index (κ2) is 8.77. The lowest BCUT2D eigenvalue weighted by Gasteiger charge is -2.28. The number of hydrogen-bond acceptors (Lipinski definition) is 2. The van der Waals surface area contributed by atoms with Crippen LogP contribution in [0.25, 0.3) is 6.08 Å². The van der Waals surface area contributed by atoms with Gasteiger partial charge in [-0.2, -0.15) is 0 Å². The van der Waals surface area contributed by atoms with E-state index in [0.717, 1.165) is 37.7 Å². The van der Waals surface area contributed by atoms with Crippen LogP contribution in [0.15, 0.2) is 66.2 Å². The predicted octanol–water partition coefficient (Wildman–Crippen LogP) is 5.28. The number of ketones is 1. The third-order valence-electron chi connectivity index (χ3n) is 5.06. The number of allylic oxidation sites excluding steroid dienone is 1. The number of rotatable bonds is 6. The van der Waals surface area contributed by atoms with Crippen LogP contribution in [-0.4, -0.2) is 17.0 Å². The molecule has 1 fully saturated rings. The van der Waals surface area contributed by atoms with Crippen LogP contribution in [0.2, 0.25) is 0 Å². The summed E-state index contributed by atoms with van der Waals surface area (Å²) in [6, 6.07) is 19.8. The minimum Gasteiger partial charge on any atom is -0.393 e. The van der Waals surface area contributed by atoms with Gasteiger partial charge in [0.2, 0.25) is 0 Å². The minimum atomic E-state index is -0.206. The molecule has 0 saturated heterocycles. The molecule has 0 aliphatic heterocycles. The summed E-state index contributed by atoms with van der Waals surface area (Å²) < 4.78 is 0. The summed E-state index contributed by atoms with van der Waals surface area (Å²) in [6.07, 6.45) is 7.19. The van der Waals surface area contributed by atoms with Gasteiger partial charge in [0.05, 0.1) is 6.10 Å². The molecule has 1 saturated carbocycles. The van der Waals surface area contributed by atoms with Gasteiger partial charge in [0, 0.05) is 12.0 Å². The summed E-state index contributed by atoms with van der Waals surface area (Å²) in [4.78, 5) is 12.5. The maximum absolute atomic E-state index is 12.5. The molecule has 130 valence electrons. The molecule has 2 aromatic carbocycles. The van der Waals surface area contributed by atoms with Crippen LogP contribution in [0.5, 0.6) is 0 Å². The van der Waals surface area contributed by atoms with E-state index >= 15 is 0 Å². The highest BCUT2D eigenvalue weighted by molar-refractivity contribution is 5.96. The highest BCUT2D eigenvalue weighted by Crippen LogP contribution is 2.33. The van der Waals surface area contributed by atoms with Crippen molar-refractivity contribution in [2.45, 2.75) is 44.6 Å². The molecule has 3 rings (SSSR count). The second-order valence-corrected chi connectivity index (χ2v) is 6.94. The van der Waals surface area contributed by atoms with Gasteiger partial charge in [-0.1, -0.05) is 78.7 Å². The van der Waals surface area contributed by atoms with Gasteiger partial charge in [0.15, 0.2) is 5.78 Å². The van der Waals surface area contributed by atoms with E-state index < -0.39 is 0 Å². The number of hydrogen-bond donors (Lipinski definition) is 1. The van der Waals surface area contributed by atoms with E-state index in [-0.39, 0.29) is 11.9 Å². The number of aliphatic hydroxyl groups is 1. The third kappa shape index (κ3) is 5.14. The van der Waals surface area contributed by atoms with Crippen LogP contribution in [0.4, 0.5) is 0 Å². The SMILES string of the molecule is O=C(CC/C(=C\c1ccccc1)[C@H]1CCCC(O)C1)c1ccccc1. The van der Waals surface area contributed by atoms with E-state index in [9.17, 15) is 9.90 Å². The van der Waals surface area contributed by atoms with E-state index in [4.69, 9.17) is 0 Å². The van der Waals surface area contributed by atoms with E-state index in [1.54, 1.807) is 0 Å². The van der Waals surface area contributed by atoms with Crippen molar-refractivity contribution in [2.75, 3.05) is 0 Å². The van der Waals surface area contributed by atoms with E-state index in [0.29, 0.717) is 12.3 Å². The highest BCUT2D eigenvalue weighted by atomic mass is 16.3. The van der Waals surface area contributed by atoms with Crippen molar-refractivity contribution in [1.82, 2.24) is 0 Å². The molecule has 2 heteroatoms. The standard InChI is InChI=1S/C23H26O2/c24-22-13-7-12-20(17-22)21(16-18-8-3-1-4-9-18)14-15-23(25)19-10-5-2-6-11-19/h1-6,8-11,16,20,22,24H,7,12-15,17H2/b21-16+/t20-,22?/m0/s1. The minimum absolute atomic E-state index is 0.191. The normalized spacial score (nSPS) is 21.1. The zero-order valence-corrected chi connectivity index (χ0v) is 14.6. The van der Waals surface area contributed by atoms with Gasteiger partial charge >= 0.3 is 0 Å². The first-order valence-electron chi connectivity index (χ1n) is 9.24. The second-order valence-electron chi connectivity index (χ2n) is 6.94. The molecule has 1 aliphatic carbocycles. The van der Waals surface area contributed by atoms with Crippen LogP contribution in [0, 0.1) is 5.92 Å². The molecule has 2 atom stereocenters. The van der Waals surface area contributed by atoms with Crippen molar-refractivity contribution >= 4 is 11.9 Å². The molecule has 1 aliphatic rings. The van der Waals surface area contributed by atoms with Gasteiger partial charge in [0.1, 0.15) is 0 Å². The quantitative estimate of drug-likeness (QED) is 0.729. The van der Waals surface area contributed by atoms with Crippen molar-refractivity contribution in [1.29, 1.82) is 0 Å². The van der Waals surface area contributed by atoms with Crippen molar-refractivity contribution in [3.8, 4) is 0 Å². The number of carbonyl (C=O) groups is 1. The molecule has 0 aromatic heterocycles. The Morgan fingerprint density at radius 3 is 2.32 bits per heavy atom. The Balaban J connectivity index is 1.74. The van der Waals surface area contributed by atoms with Crippen molar-refractivity contribution in [3.63, 3.8) is 0 Å². The number of aliphatic hydroxyl groups excluding tert-OH is 1. The first-order chi connectivity index (χ1) is 12.2. The Hall–Kier alpha value is -2.19. The molecule has 2 aromatic rings. The van der Waals surface area contributed by atoms with Crippen LogP contribution < -0.4 is 0 Å². The fourth-order valence-electron chi connectivity index (χ4n) is 3.68. The molecule has 1 N–H and O–H groups in total. The van der Waals surface area contributed by atoms with Gasteiger partial charge in [-0.25, -0.2) is 0 Å². The Labute approximate surface area is 150 Å². The smallest absolute Gasteiger partial charge is 0.163 e. The monoisotopic (exact) mass is 334 g/mol. The molecule has 1 unspecified atom stereocenters. The van der Waals surface area contributed by atoms with Gasteiger partial charge in [0.25, 0.3) is 0 Å². The van der Waals surface area contributed by atoms with Gasteiger partial charge < -0.3 is 5.11 Å². The zero-order chi connectivity index (χ0) is 17.5. The molecule has 0 heterocycles. The average Bonchev–Trinajstić information content (AvgIpc) is 2.66. The van der Waals surface area contributed by atoms with Crippen LogP contribution in [0.3, 0.4) is 0 Å². The van der Waals surface area contributed by atoms with Crippen LogP contribution in [-0.2, 0) is 0 Å². The topological polar surface area (TPSA) is 37.3 Å². The summed E-state index contributed by atoms with van der Waals surface area (Å²) in [7, 11) is 0. The Bertz CT molecular complexity index is 703. The molecular formula is C23H26O2. The Morgan fingerprint density at radius 2 is 1.64 bits per heavy atom. The van der Waals surface area contributed by atoms with Gasteiger partial charge in [-0.05, 0) is 37.2 Å². The maximum atomic E-state index is 12.5. The zero-order valence-electron chi connectivity index (χ0n) is 14.6.